The average molecular weight is 474 g/mol. The van der Waals surface area contributed by atoms with E-state index in [2.05, 4.69) is 36.0 Å². The van der Waals surface area contributed by atoms with Crippen molar-refractivity contribution in [3.63, 3.8) is 0 Å². The minimum atomic E-state index is 0. The second-order valence-corrected chi connectivity index (χ2v) is 8.02. The molecule has 6 heteroatoms. The Morgan fingerprint density at radius 2 is 2.00 bits per heavy atom. The Balaban J connectivity index is 0.00000338. The van der Waals surface area contributed by atoms with Crippen LogP contribution in [-0.4, -0.2) is 42.1 Å². The van der Waals surface area contributed by atoms with Crippen molar-refractivity contribution in [1.82, 2.24) is 4.90 Å². The SMILES string of the molecule is CC1CCCN(C(C)(C)CN=C(N)Nc2ccc(OC(C)C)cc2)C1.I. The minimum Gasteiger partial charge on any atom is -0.491 e. The fourth-order valence-electron chi connectivity index (χ4n) is 3.19. The Hall–Kier alpha value is -1.02. The Bertz CT molecular complexity index is 572. The largest absolute Gasteiger partial charge is 0.491 e. The number of halogens is 1. The lowest BCUT2D eigenvalue weighted by atomic mass is 9.94. The average Bonchev–Trinajstić information content (AvgIpc) is 2.54. The van der Waals surface area contributed by atoms with Crippen molar-refractivity contribution >= 4 is 35.6 Å². The minimum absolute atomic E-state index is 0. The van der Waals surface area contributed by atoms with Crippen LogP contribution in [0.25, 0.3) is 0 Å². The highest BCUT2D eigenvalue weighted by molar-refractivity contribution is 14.0. The number of nitrogens with two attached hydrogens (primary N) is 1. The number of likely N-dealkylation sites (tertiary alicyclic amines) is 1. The van der Waals surface area contributed by atoms with Gasteiger partial charge in [0.2, 0.25) is 0 Å². The van der Waals surface area contributed by atoms with Crippen LogP contribution in [0, 0.1) is 5.92 Å². The molecule has 1 heterocycles. The molecule has 3 N–H and O–H groups in total. The summed E-state index contributed by atoms with van der Waals surface area (Å²) >= 11 is 0. The first kappa shape index (κ1) is 23.0. The van der Waals surface area contributed by atoms with Gasteiger partial charge in [0, 0.05) is 17.8 Å². The van der Waals surface area contributed by atoms with Crippen molar-refractivity contribution in [2.75, 3.05) is 25.0 Å². The molecular formula is C20H35IN4O. The number of aliphatic imine (C=N–C) groups is 1. The molecular weight excluding hydrogens is 439 g/mol. The lowest BCUT2D eigenvalue weighted by molar-refractivity contribution is 0.0775. The summed E-state index contributed by atoms with van der Waals surface area (Å²) in [5, 5.41) is 3.16. The van der Waals surface area contributed by atoms with E-state index in [9.17, 15) is 0 Å². The molecule has 148 valence electrons. The second kappa shape index (κ2) is 10.3. The number of piperidine rings is 1. The number of nitrogens with zero attached hydrogens (tertiary/aromatic N) is 2. The highest BCUT2D eigenvalue weighted by Crippen LogP contribution is 2.24. The molecule has 1 atom stereocenters. The highest BCUT2D eigenvalue weighted by Gasteiger charge is 2.29. The summed E-state index contributed by atoms with van der Waals surface area (Å²) in [6.07, 6.45) is 2.77. The van der Waals surface area contributed by atoms with E-state index < -0.39 is 0 Å². The van der Waals surface area contributed by atoms with E-state index in [1.165, 1.54) is 12.8 Å². The van der Waals surface area contributed by atoms with Gasteiger partial charge in [0.05, 0.1) is 12.6 Å². The van der Waals surface area contributed by atoms with Crippen molar-refractivity contribution in [2.45, 2.75) is 59.1 Å². The molecule has 1 aliphatic rings. The van der Waals surface area contributed by atoms with Gasteiger partial charge in [-0.1, -0.05) is 6.92 Å². The Labute approximate surface area is 175 Å². The third-order valence-electron chi connectivity index (χ3n) is 4.65. The lowest BCUT2D eigenvalue weighted by Crippen LogP contribution is -2.51. The summed E-state index contributed by atoms with van der Waals surface area (Å²) in [6.45, 7) is 13.8. The first-order valence-corrected chi connectivity index (χ1v) is 9.35. The molecule has 0 bridgehead atoms. The predicted molar refractivity (Wildman–Crippen MR) is 122 cm³/mol. The number of rotatable bonds is 6. The topological polar surface area (TPSA) is 62.9 Å². The van der Waals surface area contributed by atoms with Gasteiger partial charge in [0.25, 0.3) is 0 Å². The van der Waals surface area contributed by atoms with Crippen LogP contribution in [0.15, 0.2) is 29.3 Å². The van der Waals surface area contributed by atoms with E-state index in [0.717, 1.165) is 30.4 Å². The maximum Gasteiger partial charge on any atom is 0.193 e. The number of ether oxygens (including phenoxy) is 1. The van der Waals surface area contributed by atoms with E-state index in [1.807, 2.05) is 38.1 Å². The lowest BCUT2D eigenvalue weighted by Gasteiger charge is -2.42. The molecule has 1 aliphatic heterocycles. The van der Waals surface area contributed by atoms with Crippen LogP contribution in [0.4, 0.5) is 5.69 Å². The van der Waals surface area contributed by atoms with E-state index in [-0.39, 0.29) is 35.6 Å². The van der Waals surface area contributed by atoms with Gasteiger partial charge in [0.15, 0.2) is 5.96 Å². The summed E-state index contributed by atoms with van der Waals surface area (Å²) < 4.78 is 5.65. The number of benzene rings is 1. The number of nitrogens with one attached hydrogen (secondary N) is 1. The van der Waals surface area contributed by atoms with E-state index in [1.54, 1.807) is 0 Å². The normalized spacial score (nSPS) is 19.2. The van der Waals surface area contributed by atoms with Gasteiger partial charge in [-0.25, -0.2) is 0 Å². The quantitative estimate of drug-likeness (QED) is 0.366. The fourth-order valence-corrected chi connectivity index (χ4v) is 3.19. The van der Waals surface area contributed by atoms with Gasteiger partial charge in [-0.05, 0) is 77.3 Å². The molecule has 1 aromatic carbocycles. The molecule has 1 unspecified atom stereocenters. The molecule has 26 heavy (non-hydrogen) atoms. The van der Waals surface area contributed by atoms with E-state index in [0.29, 0.717) is 12.5 Å². The van der Waals surface area contributed by atoms with Crippen LogP contribution in [0.5, 0.6) is 5.75 Å². The van der Waals surface area contributed by atoms with Gasteiger partial charge < -0.3 is 15.8 Å². The van der Waals surface area contributed by atoms with E-state index >= 15 is 0 Å². The van der Waals surface area contributed by atoms with Gasteiger partial charge >= 0.3 is 0 Å². The van der Waals surface area contributed by atoms with Crippen LogP contribution in [-0.2, 0) is 0 Å². The molecule has 0 aromatic heterocycles. The first-order chi connectivity index (χ1) is 11.8. The van der Waals surface area contributed by atoms with Crippen molar-refractivity contribution in [3.05, 3.63) is 24.3 Å². The zero-order valence-corrected chi connectivity index (χ0v) is 19.1. The van der Waals surface area contributed by atoms with Crippen molar-refractivity contribution in [2.24, 2.45) is 16.6 Å². The number of anilines is 1. The van der Waals surface area contributed by atoms with Crippen LogP contribution >= 0.6 is 24.0 Å². The standard InChI is InChI=1S/C20H34N4O.HI/c1-15(2)25-18-10-8-17(9-11-18)23-19(21)22-14-20(4,5)24-12-6-7-16(3)13-24;/h8-11,15-16H,6-7,12-14H2,1-5H3,(H3,21,22,23);1H. The van der Waals surface area contributed by atoms with E-state index in [4.69, 9.17) is 10.5 Å². The third kappa shape index (κ3) is 7.31. The predicted octanol–water partition coefficient (Wildman–Crippen LogP) is 4.33. The summed E-state index contributed by atoms with van der Waals surface area (Å²) in [5.74, 6) is 2.08. The fraction of sp³-hybridized carbons (Fsp3) is 0.650. The molecule has 0 saturated carbocycles. The molecule has 5 nitrogen and oxygen atoms in total. The molecule has 0 spiro atoms. The van der Waals surface area contributed by atoms with Crippen LogP contribution < -0.4 is 15.8 Å². The number of hydrogen-bond acceptors (Lipinski definition) is 3. The number of hydrogen-bond donors (Lipinski definition) is 2. The maximum absolute atomic E-state index is 6.08. The van der Waals surface area contributed by atoms with Crippen LogP contribution in [0.1, 0.15) is 47.5 Å². The highest BCUT2D eigenvalue weighted by atomic mass is 127. The zero-order chi connectivity index (χ0) is 18.4. The van der Waals surface area contributed by atoms with Gasteiger partial charge in [-0.15, -0.1) is 24.0 Å². The smallest absolute Gasteiger partial charge is 0.193 e. The second-order valence-electron chi connectivity index (χ2n) is 8.02. The molecule has 2 rings (SSSR count). The summed E-state index contributed by atoms with van der Waals surface area (Å²) in [7, 11) is 0. The van der Waals surface area contributed by atoms with Gasteiger partial charge in [-0.2, -0.15) is 0 Å². The first-order valence-electron chi connectivity index (χ1n) is 9.35. The molecule has 0 amide bonds. The molecule has 1 saturated heterocycles. The van der Waals surface area contributed by atoms with Crippen LogP contribution in [0.2, 0.25) is 0 Å². The van der Waals surface area contributed by atoms with Gasteiger partial charge in [0.1, 0.15) is 5.75 Å². The van der Waals surface area contributed by atoms with Crippen LogP contribution in [0.3, 0.4) is 0 Å². The summed E-state index contributed by atoms with van der Waals surface area (Å²) in [6, 6.07) is 7.79. The Kier molecular flexibility index (Phi) is 9.16. The monoisotopic (exact) mass is 474 g/mol. The number of guanidine groups is 1. The summed E-state index contributed by atoms with van der Waals surface area (Å²) in [4.78, 5) is 7.11. The van der Waals surface area contributed by atoms with Crippen molar-refractivity contribution in [1.29, 1.82) is 0 Å². The maximum atomic E-state index is 6.08. The zero-order valence-electron chi connectivity index (χ0n) is 16.8. The summed E-state index contributed by atoms with van der Waals surface area (Å²) in [5.41, 5.74) is 7.02. The molecule has 0 radical (unpaired) electrons. The third-order valence-corrected chi connectivity index (χ3v) is 4.65. The van der Waals surface area contributed by atoms with Crippen molar-refractivity contribution < 1.29 is 4.74 Å². The Morgan fingerprint density at radius 3 is 2.58 bits per heavy atom. The molecule has 1 aromatic rings. The van der Waals surface area contributed by atoms with Crippen molar-refractivity contribution in [3.8, 4) is 5.75 Å². The Morgan fingerprint density at radius 1 is 1.35 bits per heavy atom. The molecule has 0 aliphatic carbocycles. The van der Waals surface area contributed by atoms with Gasteiger partial charge in [-0.3, -0.25) is 9.89 Å². The molecule has 1 fully saturated rings.